The molecule has 0 aromatic heterocycles. The Morgan fingerprint density at radius 3 is 2.95 bits per heavy atom. The van der Waals surface area contributed by atoms with Crippen LogP contribution in [0.5, 0.6) is 5.75 Å². The third-order valence-electron chi connectivity index (χ3n) is 3.41. The Balaban J connectivity index is 1.99. The first-order chi connectivity index (χ1) is 10.6. The number of urea groups is 1. The van der Waals surface area contributed by atoms with Crippen LogP contribution in [0.25, 0.3) is 0 Å². The molecule has 1 saturated heterocycles. The maximum atomic E-state index is 12.4. The van der Waals surface area contributed by atoms with Crippen molar-refractivity contribution in [1.29, 1.82) is 0 Å². The zero-order valence-corrected chi connectivity index (χ0v) is 12.4. The van der Waals surface area contributed by atoms with Crippen molar-refractivity contribution in [2.24, 2.45) is 0 Å². The van der Waals surface area contributed by atoms with Gasteiger partial charge in [0, 0.05) is 19.7 Å². The number of anilines is 1. The van der Waals surface area contributed by atoms with Crippen LogP contribution in [0.4, 0.5) is 19.3 Å². The number of nitrogens with zero attached hydrogens (tertiary/aromatic N) is 1. The molecule has 2 amide bonds. The van der Waals surface area contributed by atoms with Gasteiger partial charge in [-0.05, 0) is 31.9 Å². The van der Waals surface area contributed by atoms with E-state index in [-0.39, 0.29) is 23.6 Å². The molecule has 2 rings (SSSR count). The van der Waals surface area contributed by atoms with Crippen LogP contribution in [0.1, 0.15) is 19.8 Å². The van der Waals surface area contributed by atoms with Crippen molar-refractivity contribution in [1.82, 2.24) is 4.90 Å². The highest BCUT2D eigenvalue weighted by Gasteiger charge is 2.24. The van der Waals surface area contributed by atoms with E-state index in [1.807, 2.05) is 6.92 Å². The summed E-state index contributed by atoms with van der Waals surface area (Å²) in [7, 11) is 0. The van der Waals surface area contributed by atoms with E-state index in [1.54, 1.807) is 17.0 Å². The number of carbonyl (C=O) groups excluding carboxylic acids is 1. The van der Waals surface area contributed by atoms with Crippen LogP contribution in [0.2, 0.25) is 0 Å². The van der Waals surface area contributed by atoms with Crippen LogP contribution >= 0.6 is 0 Å². The number of hydrogen-bond acceptors (Lipinski definition) is 3. The lowest BCUT2D eigenvalue weighted by Gasteiger charge is -2.32. The molecule has 1 aliphatic rings. The Morgan fingerprint density at radius 1 is 1.45 bits per heavy atom. The predicted octanol–water partition coefficient (Wildman–Crippen LogP) is 3.32. The smallest absolute Gasteiger partial charge is 0.387 e. The molecule has 22 heavy (non-hydrogen) atoms. The molecule has 1 heterocycles. The zero-order valence-electron chi connectivity index (χ0n) is 12.4. The second kappa shape index (κ2) is 7.93. The number of likely N-dealkylation sites (tertiary alicyclic amines) is 1. The number of ether oxygens (including phenoxy) is 2. The molecule has 7 heteroatoms. The molecule has 0 saturated carbocycles. The van der Waals surface area contributed by atoms with Crippen molar-refractivity contribution < 1.29 is 23.0 Å². The summed E-state index contributed by atoms with van der Waals surface area (Å²) in [5.41, 5.74) is 0.228. The number of nitrogens with one attached hydrogen (secondary N) is 1. The minimum Gasteiger partial charge on any atom is -0.433 e. The second-order valence-corrected chi connectivity index (χ2v) is 4.97. The number of rotatable bonds is 5. The van der Waals surface area contributed by atoms with Gasteiger partial charge in [-0.3, -0.25) is 0 Å². The van der Waals surface area contributed by atoms with Crippen LogP contribution in [-0.4, -0.2) is 43.3 Å². The van der Waals surface area contributed by atoms with Gasteiger partial charge in [-0.1, -0.05) is 12.1 Å². The second-order valence-electron chi connectivity index (χ2n) is 4.97. The number of halogens is 2. The molecular weight excluding hydrogens is 294 g/mol. The number of amides is 2. The molecule has 0 bridgehead atoms. The van der Waals surface area contributed by atoms with Gasteiger partial charge in [0.2, 0.25) is 0 Å². The minimum atomic E-state index is -2.93. The third-order valence-corrected chi connectivity index (χ3v) is 3.41. The topological polar surface area (TPSA) is 50.8 Å². The quantitative estimate of drug-likeness (QED) is 0.907. The fourth-order valence-electron chi connectivity index (χ4n) is 2.46. The van der Waals surface area contributed by atoms with Crippen molar-refractivity contribution >= 4 is 11.7 Å². The van der Waals surface area contributed by atoms with Crippen LogP contribution in [0.15, 0.2) is 24.3 Å². The molecule has 0 spiro atoms. The largest absolute Gasteiger partial charge is 0.433 e. The van der Waals surface area contributed by atoms with Gasteiger partial charge in [0.25, 0.3) is 0 Å². The van der Waals surface area contributed by atoms with Crippen molar-refractivity contribution in [2.75, 3.05) is 25.0 Å². The fraction of sp³-hybridized carbons (Fsp3) is 0.533. The van der Waals surface area contributed by atoms with E-state index in [9.17, 15) is 13.6 Å². The standard InChI is InChI=1S/C15H20F2N2O3/c1-2-21-11-6-5-9-19(10-11)15(20)18-12-7-3-4-8-13(12)22-14(16)17/h3-4,7-8,11,14H,2,5-6,9-10H2,1H3,(H,18,20)/t11-/m0/s1. The maximum Gasteiger partial charge on any atom is 0.387 e. The Kier molecular flexibility index (Phi) is 5.94. The zero-order chi connectivity index (χ0) is 15.9. The molecular formula is C15H20F2N2O3. The molecule has 0 aliphatic carbocycles. The first-order valence-corrected chi connectivity index (χ1v) is 7.31. The summed E-state index contributed by atoms with van der Waals surface area (Å²) >= 11 is 0. The number of benzene rings is 1. The lowest BCUT2D eigenvalue weighted by molar-refractivity contribution is -0.0493. The van der Waals surface area contributed by atoms with E-state index in [4.69, 9.17) is 4.74 Å². The summed E-state index contributed by atoms with van der Waals surface area (Å²) in [4.78, 5) is 13.9. The highest BCUT2D eigenvalue weighted by molar-refractivity contribution is 5.91. The summed E-state index contributed by atoms with van der Waals surface area (Å²) in [6, 6.07) is 5.79. The van der Waals surface area contributed by atoms with Crippen LogP contribution in [0.3, 0.4) is 0 Å². The van der Waals surface area contributed by atoms with Crippen molar-refractivity contribution in [3.63, 3.8) is 0 Å². The number of carbonyl (C=O) groups is 1. The van der Waals surface area contributed by atoms with E-state index < -0.39 is 6.61 Å². The molecule has 1 fully saturated rings. The molecule has 5 nitrogen and oxygen atoms in total. The van der Waals surface area contributed by atoms with Crippen LogP contribution in [0, 0.1) is 0 Å². The molecule has 0 radical (unpaired) electrons. The van der Waals surface area contributed by atoms with Crippen LogP contribution < -0.4 is 10.1 Å². The average molecular weight is 314 g/mol. The Bertz CT molecular complexity index is 497. The van der Waals surface area contributed by atoms with Crippen LogP contribution in [-0.2, 0) is 4.74 Å². The summed E-state index contributed by atoms with van der Waals surface area (Å²) < 4.78 is 34.7. The first kappa shape index (κ1) is 16.5. The number of hydrogen-bond donors (Lipinski definition) is 1. The number of alkyl halides is 2. The van der Waals surface area contributed by atoms with Gasteiger partial charge in [0.15, 0.2) is 0 Å². The lowest BCUT2D eigenvalue weighted by atomic mass is 10.1. The fourth-order valence-corrected chi connectivity index (χ4v) is 2.46. The molecule has 1 aromatic carbocycles. The molecule has 1 aromatic rings. The van der Waals surface area contributed by atoms with E-state index in [0.29, 0.717) is 19.7 Å². The van der Waals surface area contributed by atoms with E-state index in [1.165, 1.54) is 12.1 Å². The van der Waals surface area contributed by atoms with E-state index in [2.05, 4.69) is 10.1 Å². The monoisotopic (exact) mass is 314 g/mol. The Morgan fingerprint density at radius 2 is 2.23 bits per heavy atom. The Labute approximate surface area is 128 Å². The SMILES string of the molecule is CCO[C@H]1CCCN(C(=O)Nc2ccccc2OC(F)F)C1. The van der Waals surface area contributed by atoms with E-state index in [0.717, 1.165) is 12.8 Å². The normalized spacial score (nSPS) is 18.4. The molecule has 0 unspecified atom stereocenters. The van der Waals surface area contributed by atoms with Gasteiger partial charge in [-0.2, -0.15) is 8.78 Å². The van der Waals surface area contributed by atoms with Gasteiger partial charge in [-0.15, -0.1) is 0 Å². The Hall–Kier alpha value is -1.89. The van der Waals surface area contributed by atoms with Gasteiger partial charge in [-0.25, -0.2) is 4.79 Å². The molecule has 1 atom stereocenters. The van der Waals surface area contributed by atoms with Gasteiger partial charge < -0.3 is 19.7 Å². The first-order valence-electron chi connectivity index (χ1n) is 7.31. The van der Waals surface area contributed by atoms with Gasteiger partial charge in [0.05, 0.1) is 11.8 Å². The summed E-state index contributed by atoms with van der Waals surface area (Å²) in [5, 5.41) is 2.62. The van der Waals surface area contributed by atoms with Crippen molar-refractivity contribution in [3.8, 4) is 5.75 Å². The summed E-state index contributed by atoms with van der Waals surface area (Å²) in [6.45, 7) is 0.697. The highest BCUT2D eigenvalue weighted by Crippen LogP contribution is 2.26. The number of para-hydroxylation sites is 2. The van der Waals surface area contributed by atoms with Crippen molar-refractivity contribution in [2.45, 2.75) is 32.5 Å². The molecule has 122 valence electrons. The van der Waals surface area contributed by atoms with Crippen molar-refractivity contribution in [3.05, 3.63) is 24.3 Å². The minimum absolute atomic E-state index is 0.0251. The van der Waals surface area contributed by atoms with Gasteiger partial charge in [0.1, 0.15) is 5.75 Å². The highest BCUT2D eigenvalue weighted by atomic mass is 19.3. The average Bonchev–Trinajstić information content (AvgIpc) is 2.49. The van der Waals surface area contributed by atoms with Gasteiger partial charge >= 0.3 is 12.6 Å². The summed E-state index contributed by atoms with van der Waals surface area (Å²) in [6.07, 6.45) is 1.80. The lowest BCUT2D eigenvalue weighted by Crippen LogP contribution is -2.45. The number of piperidine rings is 1. The van der Waals surface area contributed by atoms with E-state index >= 15 is 0 Å². The predicted molar refractivity (Wildman–Crippen MR) is 78.3 cm³/mol. The molecule has 1 N–H and O–H groups in total. The maximum absolute atomic E-state index is 12.4. The summed E-state index contributed by atoms with van der Waals surface area (Å²) in [5.74, 6) is -0.0517. The third kappa shape index (κ3) is 4.56. The molecule has 1 aliphatic heterocycles.